The average Bonchev–Trinajstić information content (AvgIpc) is 2.55. The summed E-state index contributed by atoms with van der Waals surface area (Å²) in [5.74, 6) is 0.798. The fourth-order valence-corrected chi connectivity index (χ4v) is 3.34. The van der Waals surface area contributed by atoms with E-state index in [1.165, 1.54) is 29.2 Å². The molecule has 0 radical (unpaired) electrons. The van der Waals surface area contributed by atoms with E-state index in [1.54, 1.807) is 0 Å². The SMILES string of the molecule is CC1CCC(CO)(NCc2ccc3ccccc3c2)CC1. The van der Waals surface area contributed by atoms with Crippen LogP contribution in [0.2, 0.25) is 0 Å². The molecule has 2 N–H and O–H groups in total. The van der Waals surface area contributed by atoms with Crippen LogP contribution < -0.4 is 5.32 Å². The molecule has 2 heteroatoms. The van der Waals surface area contributed by atoms with Gasteiger partial charge in [-0.1, -0.05) is 43.3 Å². The number of benzene rings is 2. The van der Waals surface area contributed by atoms with Gasteiger partial charge in [-0.2, -0.15) is 0 Å². The maximum absolute atomic E-state index is 9.82. The van der Waals surface area contributed by atoms with E-state index in [4.69, 9.17) is 0 Å². The van der Waals surface area contributed by atoms with Crippen molar-refractivity contribution in [2.24, 2.45) is 5.92 Å². The topological polar surface area (TPSA) is 32.3 Å². The van der Waals surface area contributed by atoms with Crippen LogP contribution in [0.3, 0.4) is 0 Å². The van der Waals surface area contributed by atoms with Gasteiger partial charge in [0.15, 0.2) is 0 Å². The molecule has 0 atom stereocenters. The summed E-state index contributed by atoms with van der Waals surface area (Å²) in [6, 6.07) is 15.1. The van der Waals surface area contributed by atoms with Crippen molar-refractivity contribution in [3.63, 3.8) is 0 Å². The van der Waals surface area contributed by atoms with Crippen LogP contribution in [-0.2, 0) is 6.54 Å². The molecule has 0 aromatic heterocycles. The van der Waals surface area contributed by atoms with Gasteiger partial charge < -0.3 is 10.4 Å². The Balaban J connectivity index is 1.70. The predicted molar refractivity (Wildman–Crippen MR) is 88.2 cm³/mol. The fraction of sp³-hybridized carbons (Fsp3) is 0.474. The molecule has 0 heterocycles. The van der Waals surface area contributed by atoms with Crippen LogP contribution in [0.5, 0.6) is 0 Å². The van der Waals surface area contributed by atoms with E-state index < -0.39 is 0 Å². The highest BCUT2D eigenvalue weighted by Crippen LogP contribution is 2.32. The van der Waals surface area contributed by atoms with E-state index in [0.29, 0.717) is 0 Å². The molecule has 1 fully saturated rings. The molecular weight excluding hydrogens is 258 g/mol. The smallest absolute Gasteiger partial charge is 0.0613 e. The lowest BCUT2D eigenvalue weighted by Crippen LogP contribution is -2.50. The summed E-state index contributed by atoms with van der Waals surface area (Å²) in [5, 5.41) is 16.0. The van der Waals surface area contributed by atoms with E-state index in [2.05, 4.69) is 54.7 Å². The zero-order valence-electron chi connectivity index (χ0n) is 12.8. The molecule has 2 nitrogen and oxygen atoms in total. The molecule has 112 valence electrons. The summed E-state index contributed by atoms with van der Waals surface area (Å²) in [6.07, 6.45) is 4.59. The fourth-order valence-electron chi connectivity index (χ4n) is 3.34. The molecule has 0 saturated heterocycles. The molecule has 2 aromatic rings. The van der Waals surface area contributed by atoms with Crippen molar-refractivity contribution < 1.29 is 5.11 Å². The minimum absolute atomic E-state index is 0.0713. The largest absolute Gasteiger partial charge is 0.394 e. The predicted octanol–water partition coefficient (Wildman–Crippen LogP) is 3.87. The molecule has 3 rings (SSSR count). The Morgan fingerprint density at radius 2 is 1.81 bits per heavy atom. The van der Waals surface area contributed by atoms with E-state index in [9.17, 15) is 5.11 Å². The van der Waals surface area contributed by atoms with Gasteiger partial charge in [0.05, 0.1) is 6.61 Å². The second kappa shape index (κ2) is 6.17. The molecule has 0 bridgehead atoms. The number of fused-ring (bicyclic) bond motifs is 1. The van der Waals surface area contributed by atoms with E-state index in [0.717, 1.165) is 25.3 Å². The molecule has 2 aromatic carbocycles. The average molecular weight is 283 g/mol. The number of hydrogen-bond acceptors (Lipinski definition) is 2. The lowest BCUT2D eigenvalue weighted by atomic mass is 9.77. The Hall–Kier alpha value is -1.38. The van der Waals surface area contributed by atoms with Crippen LogP contribution in [0.25, 0.3) is 10.8 Å². The second-order valence-corrected chi connectivity index (χ2v) is 6.66. The number of nitrogens with one attached hydrogen (secondary N) is 1. The van der Waals surface area contributed by atoms with Crippen molar-refractivity contribution in [2.75, 3.05) is 6.61 Å². The Morgan fingerprint density at radius 3 is 2.52 bits per heavy atom. The van der Waals surface area contributed by atoms with Gasteiger partial charge in [0.25, 0.3) is 0 Å². The summed E-state index contributed by atoms with van der Waals surface area (Å²) in [5.41, 5.74) is 1.22. The van der Waals surface area contributed by atoms with Crippen LogP contribution in [-0.4, -0.2) is 17.3 Å². The maximum Gasteiger partial charge on any atom is 0.0613 e. The molecule has 21 heavy (non-hydrogen) atoms. The molecule has 1 aliphatic carbocycles. The van der Waals surface area contributed by atoms with Gasteiger partial charge in [-0.3, -0.25) is 0 Å². The summed E-state index contributed by atoms with van der Waals surface area (Å²) < 4.78 is 0. The second-order valence-electron chi connectivity index (χ2n) is 6.66. The molecular formula is C19H25NO. The van der Waals surface area contributed by atoms with Crippen LogP contribution in [0.15, 0.2) is 42.5 Å². The molecule has 0 spiro atoms. The van der Waals surface area contributed by atoms with Gasteiger partial charge in [-0.25, -0.2) is 0 Å². The van der Waals surface area contributed by atoms with Gasteiger partial charge >= 0.3 is 0 Å². The van der Waals surface area contributed by atoms with Crippen LogP contribution in [0.1, 0.15) is 38.2 Å². The van der Waals surface area contributed by atoms with E-state index >= 15 is 0 Å². The third-order valence-corrected chi connectivity index (χ3v) is 5.02. The van der Waals surface area contributed by atoms with Crippen LogP contribution in [0.4, 0.5) is 0 Å². The number of aliphatic hydroxyl groups excluding tert-OH is 1. The maximum atomic E-state index is 9.82. The van der Waals surface area contributed by atoms with Gasteiger partial charge in [0, 0.05) is 12.1 Å². The number of rotatable bonds is 4. The molecule has 0 amide bonds. The minimum Gasteiger partial charge on any atom is -0.394 e. The van der Waals surface area contributed by atoms with E-state index in [-0.39, 0.29) is 12.1 Å². The van der Waals surface area contributed by atoms with Crippen molar-refractivity contribution in [1.29, 1.82) is 0 Å². The van der Waals surface area contributed by atoms with Crippen LogP contribution >= 0.6 is 0 Å². The Bertz CT molecular complexity index is 599. The van der Waals surface area contributed by atoms with Crippen molar-refractivity contribution in [1.82, 2.24) is 5.32 Å². The highest BCUT2D eigenvalue weighted by Gasteiger charge is 2.32. The van der Waals surface area contributed by atoms with Crippen molar-refractivity contribution >= 4 is 10.8 Å². The summed E-state index contributed by atoms with van der Waals surface area (Å²) in [6.45, 7) is 3.39. The Labute approximate surface area is 127 Å². The van der Waals surface area contributed by atoms with Gasteiger partial charge in [-0.15, -0.1) is 0 Å². The first-order valence-corrected chi connectivity index (χ1v) is 8.04. The highest BCUT2D eigenvalue weighted by atomic mass is 16.3. The summed E-state index contributed by atoms with van der Waals surface area (Å²) in [7, 11) is 0. The quantitative estimate of drug-likeness (QED) is 0.892. The van der Waals surface area contributed by atoms with Crippen molar-refractivity contribution in [3.8, 4) is 0 Å². The zero-order chi connectivity index (χ0) is 14.7. The van der Waals surface area contributed by atoms with Gasteiger partial charge in [0.1, 0.15) is 0 Å². The summed E-state index contributed by atoms with van der Waals surface area (Å²) in [4.78, 5) is 0. The number of aliphatic hydroxyl groups is 1. The first-order chi connectivity index (χ1) is 10.2. The highest BCUT2D eigenvalue weighted by molar-refractivity contribution is 5.82. The third kappa shape index (κ3) is 3.28. The molecule has 0 aliphatic heterocycles. The lowest BCUT2D eigenvalue weighted by molar-refractivity contribution is 0.104. The minimum atomic E-state index is -0.0713. The van der Waals surface area contributed by atoms with Crippen molar-refractivity contribution in [2.45, 2.75) is 44.7 Å². The first kappa shape index (κ1) is 14.6. The van der Waals surface area contributed by atoms with E-state index in [1.807, 2.05) is 0 Å². The molecule has 0 unspecified atom stereocenters. The molecule has 1 aliphatic rings. The molecule has 1 saturated carbocycles. The van der Waals surface area contributed by atoms with Gasteiger partial charge in [0.2, 0.25) is 0 Å². The van der Waals surface area contributed by atoms with Crippen LogP contribution in [0, 0.1) is 5.92 Å². The monoisotopic (exact) mass is 283 g/mol. The number of hydrogen-bond donors (Lipinski definition) is 2. The normalized spacial score (nSPS) is 26.1. The van der Waals surface area contributed by atoms with Gasteiger partial charge in [-0.05, 0) is 54.0 Å². The standard InChI is InChI=1S/C19H25NO/c1-15-8-10-19(14-21,11-9-15)20-13-16-6-7-17-4-2-3-5-18(17)12-16/h2-7,12,15,20-21H,8-11,13-14H2,1H3. The Morgan fingerprint density at radius 1 is 1.10 bits per heavy atom. The van der Waals surface area contributed by atoms with Crippen molar-refractivity contribution in [3.05, 3.63) is 48.0 Å². The third-order valence-electron chi connectivity index (χ3n) is 5.02. The lowest BCUT2D eigenvalue weighted by Gasteiger charge is -2.39. The first-order valence-electron chi connectivity index (χ1n) is 8.04. The Kier molecular flexibility index (Phi) is 4.27. The zero-order valence-corrected chi connectivity index (χ0v) is 12.8. The summed E-state index contributed by atoms with van der Waals surface area (Å²) >= 11 is 0.